The molecule has 1 atom stereocenters. The normalized spacial score (nSPS) is 14.6. The number of unbranched alkanes of at least 4 members (excludes halogenated alkanes) is 26. The molecule has 396 valence electrons. The van der Waals surface area contributed by atoms with Crippen molar-refractivity contribution in [2.75, 3.05) is 69.8 Å². The highest BCUT2D eigenvalue weighted by molar-refractivity contribution is 7.51. The lowest BCUT2D eigenvalue weighted by Crippen LogP contribution is -2.66. The van der Waals surface area contributed by atoms with Crippen molar-refractivity contribution in [1.29, 1.82) is 0 Å². The number of carbonyl (C=O) groups is 1. The number of urea groups is 1. The van der Waals surface area contributed by atoms with Crippen molar-refractivity contribution in [3.63, 3.8) is 0 Å². The van der Waals surface area contributed by atoms with Gasteiger partial charge in [0.2, 0.25) is 0 Å². The van der Waals surface area contributed by atoms with Crippen molar-refractivity contribution in [3.8, 4) is 0 Å². The van der Waals surface area contributed by atoms with Crippen LogP contribution in [0.5, 0.6) is 0 Å². The van der Waals surface area contributed by atoms with Crippen LogP contribution in [0.3, 0.4) is 0 Å². The largest absolute Gasteiger partial charge is 0.383 e. The summed E-state index contributed by atoms with van der Waals surface area (Å²) in [7, 11) is -4.41. The monoisotopic (exact) mass is 981 g/mol. The van der Waals surface area contributed by atoms with Crippen LogP contribution in [0.4, 0.5) is 10.6 Å². The van der Waals surface area contributed by atoms with E-state index < -0.39 is 31.8 Å². The predicted octanol–water partition coefficient (Wildman–Crippen LogP) is 12.8. The maximum Gasteiger partial charge on any atom is 0.368 e. The quantitative estimate of drug-likeness (QED) is 0.0419. The van der Waals surface area contributed by atoms with Crippen LogP contribution < -0.4 is 16.4 Å². The first kappa shape index (κ1) is 61.8. The van der Waals surface area contributed by atoms with E-state index in [2.05, 4.69) is 37.6 Å². The smallest absolute Gasteiger partial charge is 0.368 e. The van der Waals surface area contributed by atoms with Crippen LogP contribution in [0.25, 0.3) is 0 Å². The van der Waals surface area contributed by atoms with Crippen LogP contribution in [0.15, 0.2) is 28.3 Å². The molecule has 2 amide bonds. The van der Waals surface area contributed by atoms with Gasteiger partial charge in [0, 0.05) is 44.9 Å². The maximum atomic E-state index is 14.8. The van der Waals surface area contributed by atoms with Gasteiger partial charge in [-0.05, 0) is 56.7 Å². The lowest BCUT2D eigenvalue weighted by Gasteiger charge is -2.48. The van der Waals surface area contributed by atoms with Gasteiger partial charge in [0.1, 0.15) is 18.3 Å². The minimum atomic E-state index is -4.41. The molecule has 0 spiro atoms. The molecule has 1 aromatic rings. The number of likely N-dealkylation sites (N-methyl/N-ethyl adjacent to an activating group) is 1. The van der Waals surface area contributed by atoms with E-state index >= 15 is 0 Å². The number of anilines is 1. The Morgan fingerprint density at radius 3 is 1.49 bits per heavy atom. The van der Waals surface area contributed by atoms with Gasteiger partial charge >= 0.3 is 19.3 Å². The number of allylic oxidation sites excluding steroid dienone is 1. The summed E-state index contributed by atoms with van der Waals surface area (Å²) in [6.07, 6.45) is 39.5. The first-order chi connectivity index (χ1) is 33.1. The van der Waals surface area contributed by atoms with Crippen molar-refractivity contribution in [2.24, 2.45) is 0 Å². The highest BCUT2D eigenvalue weighted by Crippen LogP contribution is 2.35. The molecule has 68 heavy (non-hydrogen) atoms. The molecular weight excluding hydrogens is 880 g/mol. The minimum absolute atomic E-state index is 0.0389. The fourth-order valence-electron chi connectivity index (χ4n) is 9.39. The Morgan fingerprint density at radius 2 is 1.06 bits per heavy atom. The fourth-order valence-corrected chi connectivity index (χ4v) is 9.76. The third kappa shape index (κ3) is 27.9. The highest BCUT2D eigenvalue weighted by Gasteiger charge is 2.42. The van der Waals surface area contributed by atoms with Gasteiger partial charge in [-0.2, -0.15) is 4.98 Å². The zero-order valence-corrected chi connectivity index (χ0v) is 44.7. The molecule has 0 fully saturated rings. The van der Waals surface area contributed by atoms with Gasteiger partial charge < -0.3 is 29.7 Å². The Labute approximate surface area is 414 Å². The zero-order chi connectivity index (χ0) is 49.5. The average Bonchev–Trinajstić information content (AvgIpc) is 3.31. The lowest BCUT2D eigenvalue weighted by molar-refractivity contribution is 0.100. The van der Waals surface area contributed by atoms with Crippen LogP contribution >= 0.6 is 7.60 Å². The highest BCUT2D eigenvalue weighted by atomic mass is 31.2. The zero-order valence-electron chi connectivity index (χ0n) is 43.8. The molecule has 1 aromatic heterocycles. The number of amides is 2. The number of nitrogens with zero attached hydrogens (tertiary/aromatic N) is 5. The number of ether oxygens (including phenoxy) is 3. The molecule has 0 aromatic carbocycles. The van der Waals surface area contributed by atoms with Crippen molar-refractivity contribution in [2.45, 2.75) is 239 Å². The van der Waals surface area contributed by atoms with Gasteiger partial charge in [-0.1, -0.05) is 195 Å². The lowest BCUT2D eigenvalue weighted by atomic mass is 9.99. The van der Waals surface area contributed by atoms with Gasteiger partial charge in [-0.25, -0.2) is 19.3 Å². The number of hydrogen-bond acceptors (Lipinski definition) is 9. The molecule has 1 unspecified atom stereocenters. The maximum absolute atomic E-state index is 14.8. The van der Waals surface area contributed by atoms with Crippen LogP contribution in [-0.2, 0) is 18.8 Å². The van der Waals surface area contributed by atoms with Crippen LogP contribution in [0.2, 0.25) is 0 Å². The minimum Gasteiger partial charge on any atom is -0.383 e. The fraction of sp³-hybridized carbons (Fsp3) is 0.868. The van der Waals surface area contributed by atoms with Crippen LogP contribution in [0.1, 0.15) is 233 Å². The molecule has 14 nitrogen and oxygen atoms in total. The van der Waals surface area contributed by atoms with Crippen molar-refractivity contribution < 1.29 is 33.4 Å². The Kier molecular flexibility index (Phi) is 36.6. The van der Waals surface area contributed by atoms with Crippen molar-refractivity contribution in [1.82, 2.24) is 19.5 Å². The third-order valence-corrected chi connectivity index (χ3v) is 13.8. The van der Waals surface area contributed by atoms with E-state index in [0.717, 1.165) is 43.6 Å². The number of rotatable bonds is 47. The van der Waals surface area contributed by atoms with Gasteiger partial charge in [0.15, 0.2) is 0 Å². The van der Waals surface area contributed by atoms with E-state index in [0.29, 0.717) is 52.2 Å². The summed E-state index contributed by atoms with van der Waals surface area (Å²) in [5.41, 5.74) is 7.02. The van der Waals surface area contributed by atoms with E-state index in [1.165, 1.54) is 182 Å². The summed E-state index contributed by atoms with van der Waals surface area (Å²) in [6, 6.07) is 1.05. The summed E-state index contributed by atoms with van der Waals surface area (Å²) in [5.74, 6) is 0.0549. The molecule has 1 aliphatic heterocycles. The molecule has 0 saturated heterocycles. The Balaban J connectivity index is 1.99. The Hall–Kier alpha value is -2.32. The molecule has 0 saturated carbocycles. The molecule has 2 rings (SSSR count). The standard InChI is InChI=1S/C53H101N6O8P/c1-5-9-11-13-15-17-19-21-23-25-27-29-31-33-42-65-44-35-37-49-48(7-3)51(59(58-40-38-50(54)55-52(58)60)53(61)57(49)41-46-67-47-68(62,63)64)56(8-4)39-36-45-66-43-34-32-30-28-26-24-22-20-18-16-14-12-10-6-2/h38,40,51H,5-37,39,41-47H2,1-4H3,(H2,54,55,60)(H2,62,63,64). The second-order valence-corrected chi connectivity index (χ2v) is 20.7. The topological polar surface area (TPSA) is 173 Å². The van der Waals surface area contributed by atoms with Gasteiger partial charge in [-0.3, -0.25) is 14.4 Å². The SMILES string of the molecule is CCCCCCCCCCCCCCCCOCCCC1=C(CC)C(N(CC)CCCOCCCCCCCCCCCCCCCC)N(n2ccc(N)nc2=O)C(=O)N1CCOCP(=O)(O)O. The summed E-state index contributed by atoms with van der Waals surface area (Å²) in [4.78, 5) is 54.9. The van der Waals surface area contributed by atoms with Gasteiger partial charge in [-0.15, -0.1) is 0 Å². The first-order valence-electron chi connectivity index (χ1n) is 27.8. The van der Waals surface area contributed by atoms with E-state index in [-0.39, 0.29) is 19.0 Å². The second-order valence-electron chi connectivity index (χ2n) is 19.2. The number of carbonyl (C=O) groups excluding carboxylic acids is 1. The van der Waals surface area contributed by atoms with Gasteiger partial charge in [0.25, 0.3) is 0 Å². The molecule has 1 aliphatic rings. The molecular formula is C53H101N6O8P. The van der Waals surface area contributed by atoms with Gasteiger partial charge in [0.05, 0.1) is 13.2 Å². The first-order valence-corrected chi connectivity index (χ1v) is 29.6. The molecule has 2 heterocycles. The summed E-state index contributed by atoms with van der Waals surface area (Å²) in [6.45, 7) is 12.4. The number of aromatic nitrogens is 2. The molecule has 0 bridgehead atoms. The Morgan fingerprint density at radius 1 is 0.618 bits per heavy atom. The summed E-state index contributed by atoms with van der Waals surface area (Å²) >= 11 is 0. The van der Waals surface area contributed by atoms with E-state index in [1.54, 1.807) is 4.90 Å². The number of nitrogens with two attached hydrogens (primary N) is 1. The molecule has 15 heteroatoms. The number of nitrogen functional groups attached to an aromatic ring is 1. The Bertz CT molecular complexity index is 1540. The van der Waals surface area contributed by atoms with E-state index in [4.69, 9.17) is 19.9 Å². The number of hydrogen-bond donors (Lipinski definition) is 3. The van der Waals surface area contributed by atoms with Crippen molar-refractivity contribution in [3.05, 3.63) is 34.0 Å². The average molecular weight is 981 g/mol. The van der Waals surface area contributed by atoms with Crippen molar-refractivity contribution >= 4 is 19.4 Å². The molecule has 0 radical (unpaired) electrons. The second kappa shape index (κ2) is 40.3. The van der Waals surface area contributed by atoms with E-state index in [1.807, 2.05) is 0 Å². The summed E-state index contributed by atoms with van der Waals surface area (Å²) < 4.78 is 30.5. The third-order valence-electron chi connectivity index (χ3n) is 13.3. The molecule has 0 aliphatic carbocycles. The van der Waals surface area contributed by atoms with E-state index in [9.17, 15) is 23.9 Å². The van der Waals surface area contributed by atoms with Crippen LogP contribution in [0, 0.1) is 0 Å². The molecule has 4 N–H and O–H groups in total. The van der Waals surface area contributed by atoms with Crippen LogP contribution in [-0.4, -0.2) is 100 Å². The summed E-state index contributed by atoms with van der Waals surface area (Å²) in [5, 5.41) is 1.45. The predicted molar refractivity (Wildman–Crippen MR) is 281 cm³/mol.